The van der Waals surface area contributed by atoms with Gasteiger partial charge in [-0.1, -0.05) is 39.3 Å². The Labute approximate surface area is 139 Å². The smallest absolute Gasteiger partial charge is 0.115 e. The van der Waals surface area contributed by atoms with E-state index >= 15 is 0 Å². The molecule has 124 valence electrons. The lowest BCUT2D eigenvalue weighted by Crippen LogP contribution is -2.27. The quantitative estimate of drug-likeness (QED) is 0.670. The second-order valence-electron chi connectivity index (χ2n) is 8.76. The Balaban J connectivity index is 2.32. The number of phenolic OH excluding ortho intramolecular Hbond substituents is 1. The largest absolute Gasteiger partial charge is 0.513 e. The Kier molecular flexibility index (Phi) is 3.27. The van der Waals surface area contributed by atoms with Crippen LogP contribution < -0.4 is 0 Å². The highest BCUT2D eigenvalue weighted by Gasteiger charge is 2.55. The fraction of sp³-hybridized carbons (Fsp3) is 0.524. The molecule has 0 aliphatic heterocycles. The number of fused-ring (bicyclic) bond motifs is 2. The molecule has 0 saturated carbocycles. The molecule has 0 heterocycles. The summed E-state index contributed by atoms with van der Waals surface area (Å²) in [5, 5.41) is 20.0. The lowest BCUT2D eigenvalue weighted by atomic mass is 9.71. The summed E-state index contributed by atoms with van der Waals surface area (Å²) in [5.41, 5.74) is 5.17. The summed E-state index contributed by atoms with van der Waals surface area (Å²) >= 11 is 0. The summed E-state index contributed by atoms with van der Waals surface area (Å²) < 4.78 is 0. The normalized spacial score (nSPS) is 28.5. The van der Waals surface area contributed by atoms with E-state index in [4.69, 9.17) is 0 Å². The second-order valence-corrected chi connectivity index (χ2v) is 8.76. The highest BCUT2D eigenvalue weighted by atomic mass is 16.3. The zero-order valence-electron chi connectivity index (χ0n) is 15.1. The average Bonchev–Trinajstić information content (AvgIpc) is 2.72. The van der Waals surface area contributed by atoms with E-state index in [2.05, 4.69) is 40.7 Å². The monoisotopic (exact) mass is 312 g/mol. The molecule has 1 aromatic carbocycles. The van der Waals surface area contributed by atoms with Crippen molar-refractivity contribution in [2.24, 2.45) is 5.41 Å². The second kappa shape index (κ2) is 4.66. The number of allylic oxidation sites excluding steroid dienone is 4. The molecule has 2 nitrogen and oxygen atoms in total. The minimum Gasteiger partial charge on any atom is -0.513 e. The summed E-state index contributed by atoms with van der Waals surface area (Å²) in [5.74, 6) is 0.676. The number of hydrogen-bond acceptors (Lipinski definition) is 2. The maximum Gasteiger partial charge on any atom is 0.115 e. The first-order valence-corrected chi connectivity index (χ1v) is 8.43. The molecule has 0 amide bonds. The number of aliphatic hydroxyl groups excluding tert-OH is 1. The van der Waals surface area contributed by atoms with Crippen molar-refractivity contribution in [1.29, 1.82) is 0 Å². The van der Waals surface area contributed by atoms with Gasteiger partial charge in [0.25, 0.3) is 0 Å². The van der Waals surface area contributed by atoms with Crippen molar-refractivity contribution in [3.8, 4) is 5.75 Å². The predicted molar refractivity (Wildman–Crippen MR) is 94.9 cm³/mol. The van der Waals surface area contributed by atoms with Crippen LogP contribution in [-0.4, -0.2) is 10.2 Å². The highest BCUT2D eigenvalue weighted by molar-refractivity contribution is 5.59. The molecule has 1 atom stereocenters. The number of aliphatic hydroxyl groups is 1. The minimum atomic E-state index is -0.116. The molecule has 23 heavy (non-hydrogen) atoms. The molecule has 3 rings (SSSR count). The highest BCUT2D eigenvalue weighted by Crippen LogP contribution is 2.64. The molecule has 2 N–H and O–H groups in total. The SMILES string of the molecule is CC1=C(/C=C(\C)O)C2(CC1(C)C)CC(C)(C)c1ccc(O)cc12. The van der Waals surface area contributed by atoms with Gasteiger partial charge in [0.1, 0.15) is 5.75 Å². The summed E-state index contributed by atoms with van der Waals surface area (Å²) in [6, 6.07) is 5.82. The molecule has 1 spiro atoms. The molecule has 2 heteroatoms. The fourth-order valence-corrected chi connectivity index (χ4v) is 5.02. The number of phenols is 1. The van der Waals surface area contributed by atoms with E-state index in [9.17, 15) is 10.2 Å². The molecule has 1 aromatic rings. The van der Waals surface area contributed by atoms with Crippen molar-refractivity contribution >= 4 is 0 Å². The average molecular weight is 312 g/mol. The van der Waals surface area contributed by atoms with Gasteiger partial charge in [0.05, 0.1) is 5.76 Å². The van der Waals surface area contributed by atoms with E-state index in [1.807, 2.05) is 12.1 Å². The molecule has 2 aliphatic carbocycles. The lowest BCUT2D eigenvalue weighted by molar-refractivity contribution is 0.316. The maximum atomic E-state index is 10.1. The zero-order valence-corrected chi connectivity index (χ0v) is 15.1. The summed E-state index contributed by atoms with van der Waals surface area (Å²) in [7, 11) is 0. The molecule has 1 unspecified atom stereocenters. The van der Waals surface area contributed by atoms with Crippen molar-refractivity contribution in [2.45, 2.75) is 65.2 Å². The number of hydrogen-bond donors (Lipinski definition) is 2. The van der Waals surface area contributed by atoms with Gasteiger partial charge in [0, 0.05) is 5.41 Å². The van der Waals surface area contributed by atoms with Crippen LogP contribution in [-0.2, 0) is 10.8 Å². The number of aromatic hydroxyl groups is 1. The van der Waals surface area contributed by atoms with Crippen molar-refractivity contribution < 1.29 is 10.2 Å². The molecular weight excluding hydrogens is 284 g/mol. The predicted octanol–water partition coefficient (Wildman–Crippen LogP) is 5.52. The van der Waals surface area contributed by atoms with Crippen LogP contribution in [0.25, 0.3) is 0 Å². The van der Waals surface area contributed by atoms with Gasteiger partial charge in [-0.2, -0.15) is 0 Å². The van der Waals surface area contributed by atoms with Gasteiger partial charge in [0.2, 0.25) is 0 Å². The van der Waals surface area contributed by atoms with Crippen LogP contribution in [0.15, 0.2) is 41.2 Å². The summed E-state index contributed by atoms with van der Waals surface area (Å²) in [6.07, 6.45) is 3.98. The summed E-state index contributed by atoms with van der Waals surface area (Å²) in [6.45, 7) is 13.1. The molecule has 0 saturated heterocycles. The fourth-order valence-electron chi connectivity index (χ4n) is 5.02. The molecule has 0 bridgehead atoms. The third-order valence-corrected chi connectivity index (χ3v) is 6.02. The van der Waals surface area contributed by atoms with E-state index in [1.54, 1.807) is 13.0 Å². The van der Waals surface area contributed by atoms with E-state index < -0.39 is 0 Å². The van der Waals surface area contributed by atoms with Crippen molar-refractivity contribution in [1.82, 2.24) is 0 Å². The molecule has 2 aliphatic rings. The maximum absolute atomic E-state index is 10.1. The van der Waals surface area contributed by atoms with Gasteiger partial charge < -0.3 is 10.2 Å². The first kappa shape index (κ1) is 16.2. The van der Waals surface area contributed by atoms with Crippen LogP contribution in [0.5, 0.6) is 5.75 Å². The third kappa shape index (κ3) is 2.22. The van der Waals surface area contributed by atoms with Gasteiger partial charge in [0.15, 0.2) is 0 Å². The Morgan fingerprint density at radius 2 is 1.65 bits per heavy atom. The Morgan fingerprint density at radius 1 is 1.04 bits per heavy atom. The molecule has 0 radical (unpaired) electrons. The van der Waals surface area contributed by atoms with Crippen LogP contribution in [0, 0.1) is 5.41 Å². The van der Waals surface area contributed by atoms with Gasteiger partial charge in [-0.3, -0.25) is 0 Å². The molecule has 0 aromatic heterocycles. The first-order chi connectivity index (χ1) is 10.5. The first-order valence-electron chi connectivity index (χ1n) is 8.43. The van der Waals surface area contributed by atoms with Crippen LogP contribution in [0.1, 0.15) is 65.5 Å². The number of benzene rings is 1. The van der Waals surface area contributed by atoms with Crippen LogP contribution >= 0.6 is 0 Å². The zero-order chi connectivity index (χ0) is 17.2. The Hall–Kier alpha value is -1.70. The van der Waals surface area contributed by atoms with Gasteiger partial charge in [-0.15, -0.1) is 0 Å². The Morgan fingerprint density at radius 3 is 2.26 bits per heavy atom. The van der Waals surface area contributed by atoms with Gasteiger partial charge in [-0.25, -0.2) is 0 Å². The van der Waals surface area contributed by atoms with E-state index in [-0.39, 0.29) is 16.2 Å². The molecular formula is C21H28O2. The molecule has 0 fully saturated rings. The van der Waals surface area contributed by atoms with Crippen LogP contribution in [0.3, 0.4) is 0 Å². The minimum absolute atomic E-state index is 0.0617. The van der Waals surface area contributed by atoms with Crippen LogP contribution in [0.4, 0.5) is 0 Å². The number of rotatable bonds is 1. The van der Waals surface area contributed by atoms with Crippen molar-refractivity contribution in [2.75, 3.05) is 0 Å². The van der Waals surface area contributed by atoms with Crippen molar-refractivity contribution in [3.05, 3.63) is 52.3 Å². The van der Waals surface area contributed by atoms with Crippen molar-refractivity contribution in [3.63, 3.8) is 0 Å². The van der Waals surface area contributed by atoms with Gasteiger partial charge in [-0.05, 0) is 72.4 Å². The van der Waals surface area contributed by atoms with Crippen LogP contribution in [0.2, 0.25) is 0 Å². The summed E-state index contributed by atoms with van der Waals surface area (Å²) in [4.78, 5) is 0. The van der Waals surface area contributed by atoms with E-state index in [0.29, 0.717) is 11.5 Å². The Bertz CT molecular complexity index is 730. The van der Waals surface area contributed by atoms with E-state index in [0.717, 1.165) is 12.8 Å². The van der Waals surface area contributed by atoms with E-state index in [1.165, 1.54) is 22.3 Å². The van der Waals surface area contributed by atoms with Gasteiger partial charge >= 0.3 is 0 Å². The standard InChI is InChI=1S/C21H28O2/c1-13(22)9-17-14(2)19(3,4)11-21(17)12-20(5,6)16-8-7-15(23)10-18(16)21/h7-10,22-23H,11-12H2,1-6H3/b13-9+. The topological polar surface area (TPSA) is 40.5 Å². The third-order valence-electron chi connectivity index (χ3n) is 6.02. The lowest BCUT2D eigenvalue weighted by Gasteiger charge is -2.32.